The summed E-state index contributed by atoms with van der Waals surface area (Å²) in [7, 11) is -2.11. The zero-order chi connectivity index (χ0) is 20.5. The summed E-state index contributed by atoms with van der Waals surface area (Å²) in [6.07, 6.45) is 3.26. The van der Waals surface area contributed by atoms with E-state index in [1.54, 1.807) is 6.92 Å². The summed E-state index contributed by atoms with van der Waals surface area (Å²) in [5.74, 6) is 0.359. The number of rotatable bonds is 7. The average molecular weight is 447 g/mol. The molecule has 0 bridgehead atoms. The molecule has 2 N–H and O–H groups in total. The normalized spacial score (nSPS) is 21.7. The lowest BCUT2D eigenvalue weighted by Crippen LogP contribution is -2.47. The molecule has 0 radical (unpaired) electrons. The molecule has 9 heteroatoms. The van der Waals surface area contributed by atoms with Crippen molar-refractivity contribution in [2.75, 3.05) is 19.4 Å². The fourth-order valence-electron chi connectivity index (χ4n) is 4.09. The van der Waals surface area contributed by atoms with Crippen LogP contribution in [0.5, 0.6) is 11.5 Å². The molecule has 3 rings (SSSR count). The minimum atomic E-state index is -3.56. The third-order valence-electron chi connectivity index (χ3n) is 5.61. The van der Waals surface area contributed by atoms with Crippen molar-refractivity contribution in [1.29, 1.82) is 0 Å². The van der Waals surface area contributed by atoms with Crippen LogP contribution in [-0.2, 0) is 16.3 Å². The molecule has 1 aromatic carbocycles. The highest BCUT2D eigenvalue weighted by atomic mass is 35.5. The van der Waals surface area contributed by atoms with E-state index in [-0.39, 0.29) is 52.7 Å². The summed E-state index contributed by atoms with van der Waals surface area (Å²) >= 11 is 0. The smallest absolute Gasteiger partial charge is 0.255 e. The highest BCUT2D eigenvalue weighted by molar-refractivity contribution is 7.91. The Bertz CT molecular complexity index is 853. The molecule has 0 aromatic heterocycles. The van der Waals surface area contributed by atoms with Gasteiger partial charge in [-0.3, -0.25) is 4.79 Å². The van der Waals surface area contributed by atoms with E-state index < -0.39 is 9.84 Å². The van der Waals surface area contributed by atoms with Crippen molar-refractivity contribution in [1.82, 2.24) is 10.6 Å². The molecule has 1 aromatic rings. The Morgan fingerprint density at radius 3 is 2.69 bits per heavy atom. The Hall–Kier alpha value is -1.51. The standard InChI is InChI=1S/C20H30N2O5S.ClH/c1-5-15(16-8-7-9-21-16)22-20(23)14-11-17(28(24,25)6-2)19(26-4)13-10-12(3)27-18(13)14;/h11-12,15-16,21H,5-10H2,1-4H3,(H,22,23);1H. The molecule has 1 amide bonds. The fraction of sp³-hybridized carbons (Fsp3) is 0.650. The first-order valence-corrected chi connectivity index (χ1v) is 11.6. The van der Waals surface area contributed by atoms with E-state index >= 15 is 0 Å². The summed E-state index contributed by atoms with van der Waals surface area (Å²) in [6, 6.07) is 1.63. The van der Waals surface area contributed by atoms with Gasteiger partial charge in [-0.15, -0.1) is 12.4 Å². The molecule has 1 fully saturated rings. The van der Waals surface area contributed by atoms with Gasteiger partial charge in [0, 0.05) is 24.1 Å². The third kappa shape index (κ3) is 4.64. The second-order valence-electron chi connectivity index (χ2n) is 7.49. The number of carbonyl (C=O) groups is 1. The van der Waals surface area contributed by atoms with E-state index in [9.17, 15) is 13.2 Å². The van der Waals surface area contributed by atoms with Gasteiger partial charge in [-0.1, -0.05) is 13.8 Å². The number of hydrogen-bond acceptors (Lipinski definition) is 6. The first-order valence-electron chi connectivity index (χ1n) is 9.99. The van der Waals surface area contributed by atoms with E-state index in [0.717, 1.165) is 25.8 Å². The number of methoxy groups -OCH3 is 1. The number of nitrogens with one attached hydrogen (secondary N) is 2. The van der Waals surface area contributed by atoms with Gasteiger partial charge in [-0.05, 0) is 38.8 Å². The van der Waals surface area contributed by atoms with Gasteiger partial charge in [0.25, 0.3) is 5.91 Å². The first-order chi connectivity index (χ1) is 13.3. The number of hydrogen-bond donors (Lipinski definition) is 2. The molecule has 2 heterocycles. The molecular weight excluding hydrogens is 416 g/mol. The number of benzene rings is 1. The van der Waals surface area contributed by atoms with Gasteiger partial charge in [0.2, 0.25) is 0 Å². The summed E-state index contributed by atoms with van der Waals surface area (Å²) in [5, 5.41) is 6.51. The van der Waals surface area contributed by atoms with Crippen LogP contribution < -0.4 is 20.1 Å². The van der Waals surface area contributed by atoms with Crippen LogP contribution in [0.4, 0.5) is 0 Å². The van der Waals surface area contributed by atoms with Crippen molar-refractivity contribution in [2.45, 2.75) is 69.5 Å². The van der Waals surface area contributed by atoms with Gasteiger partial charge < -0.3 is 20.1 Å². The van der Waals surface area contributed by atoms with Crippen molar-refractivity contribution >= 4 is 28.2 Å². The van der Waals surface area contributed by atoms with Crippen LogP contribution in [0.15, 0.2) is 11.0 Å². The third-order valence-corrected chi connectivity index (χ3v) is 7.34. The fourth-order valence-corrected chi connectivity index (χ4v) is 5.19. The minimum absolute atomic E-state index is 0. The number of amides is 1. The van der Waals surface area contributed by atoms with Crippen molar-refractivity contribution in [2.24, 2.45) is 0 Å². The lowest BCUT2D eigenvalue weighted by atomic mass is 10.0. The minimum Gasteiger partial charge on any atom is -0.495 e. The summed E-state index contributed by atoms with van der Waals surface area (Å²) < 4.78 is 36.7. The van der Waals surface area contributed by atoms with Gasteiger partial charge in [0.1, 0.15) is 22.5 Å². The molecule has 3 atom stereocenters. The molecule has 1 saturated heterocycles. The van der Waals surface area contributed by atoms with Crippen LogP contribution in [0, 0.1) is 0 Å². The Morgan fingerprint density at radius 1 is 1.41 bits per heavy atom. The maximum absolute atomic E-state index is 13.1. The SMILES string of the molecule is CCC(NC(=O)c1cc(S(=O)(=O)CC)c(OC)c2c1OC(C)C2)C1CCCN1.Cl. The number of sulfone groups is 1. The molecule has 7 nitrogen and oxygen atoms in total. The quantitative estimate of drug-likeness (QED) is 0.668. The van der Waals surface area contributed by atoms with E-state index in [2.05, 4.69) is 10.6 Å². The van der Waals surface area contributed by atoms with Gasteiger partial charge in [0.05, 0.1) is 18.4 Å². The van der Waals surface area contributed by atoms with Crippen molar-refractivity contribution in [3.8, 4) is 11.5 Å². The molecule has 0 saturated carbocycles. The molecule has 164 valence electrons. The predicted octanol–water partition coefficient (Wildman–Crippen LogP) is 2.49. The Labute approximate surface area is 179 Å². The summed E-state index contributed by atoms with van der Waals surface area (Å²) in [6.45, 7) is 6.47. The van der Waals surface area contributed by atoms with Crippen molar-refractivity contribution < 1.29 is 22.7 Å². The van der Waals surface area contributed by atoms with Gasteiger partial charge in [-0.25, -0.2) is 8.42 Å². The second-order valence-corrected chi connectivity index (χ2v) is 9.74. The monoisotopic (exact) mass is 446 g/mol. The Morgan fingerprint density at radius 2 is 2.14 bits per heavy atom. The number of ether oxygens (including phenoxy) is 2. The first kappa shape index (κ1) is 23.8. The lowest BCUT2D eigenvalue weighted by Gasteiger charge is -2.24. The average Bonchev–Trinajstić information content (AvgIpc) is 3.33. The van der Waals surface area contributed by atoms with Crippen molar-refractivity contribution in [3.63, 3.8) is 0 Å². The summed E-state index contributed by atoms with van der Waals surface area (Å²) in [5.41, 5.74) is 0.922. The Balaban J connectivity index is 0.00000300. The molecule has 0 spiro atoms. The van der Waals surface area contributed by atoms with Crippen LogP contribution in [-0.4, -0.2) is 51.9 Å². The number of halogens is 1. The van der Waals surface area contributed by atoms with Gasteiger partial charge >= 0.3 is 0 Å². The zero-order valence-electron chi connectivity index (χ0n) is 17.4. The predicted molar refractivity (Wildman–Crippen MR) is 114 cm³/mol. The Kier molecular flexibility index (Phi) is 7.81. The van der Waals surface area contributed by atoms with Crippen LogP contribution in [0.3, 0.4) is 0 Å². The maximum Gasteiger partial charge on any atom is 0.255 e. The van der Waals surface area contributed by atoms with Gasteiger partial charge in [-0.2, -0.15) is 0 Å². The largest absolute Gasteiger partial charge is 0.495 e. The van der Waals surface area contributed by atoms with E-state index in [1.807, 2.05) is 13.8 Å². The highest BCUT2D eigenvalue weighted by Crippen LogP contribution is 2.43. The molecule has 0 aliphatic carbocycles. The van der Waals surface area contributed by atoms with Crippen LogP contribution in [0.1, 0.15) is 56.0 Å². The molecule has 2 aliphatic rings. The molecule has 3 unspecified atom stereocenters. The van der Waals surface area contributed by atoms with E-state index in [0.29, 0.717) is 23.5 Å². The van der Waals surface area contributed by atoms with Crippen LogP contribution in [0.2, 0.25) is 0 Å². The molecule has 29 heavy (non-hydrogen) atoms. The molecule has 2 aliphatic heterocycles. The summed E-state index contributed by atoms with van der Waals surface area (Å²) in [4.78, 5) is 13.2. The lowest BCUT2D eigenvalue weighted by molar-refractivity contribution is 0.0922. The number of carbonyl (C=O) groups excluding carboxylic acids is 1. The topological polar surface area (TPSA) is 93.7 Å². The second kappa shape index (κ2) is 9.53. The van der Waals surface area contributed by atoms with E-state index in [4.69, 9.17) is 9.47 Å². The van der Waals surface area contributed by atoms with Crippen molar-refractivity contribution in [3.05, 3.63) is 17.2 Å². The van der Waals surface area contributed by atoms with Gasteiger partial charge in [0.15, 0.2) is 9.84 Å². The highest BCUT2D eigenvalue weighted by Gasteiger charge is 2.35. The van der Waals surface area contributed by atoms with Crippen LogP contribution >= 0.6 is 12.4 Å². The zero-order valence-corrected chi connectivity index (χ0v) is 19.0. The van der Waals surface area contributed by atoms with E-state index in [1.165, 1.54) is 13.2 Å². The van der Waals surface area contributed by atoms with Crippen LogP contribution in [0.25, 0.3) is 0 Å². The molecular formula is C20H31ClN2O5S. The maximum atomic E-state index is 13.1. The number of fused-ring (bicyclic) bond motifs is 1.